The van der Waals surface area contributed by atoms with Crippen molar-refractivity contribution in [3.63, 3.8) is 0 Å². The predicted octanol–water partition coefficient (Wildman–Crippen LogP) is 11.9. The fourth-order valence-corrected chi connectivity index (χ4v) is 8.70. The monoisotopic (exact) mass is 594 g/mol. The summed E-state index contributed by atoms with van der Waals surface area (Å²) in [6.45, 7) is 13.6. The Hall–Kier alpha value is -5.08. The van der Waals surface area contributed by atoms with Gasteiger partial charge in [0.2, 0.25) is 0 Å². The van der Waals surface area contributed by atoms with Crippen LogP contribution < -0.4 is 0 Å². The van der Waals surface area contributed by atoms with Crippen LogP contribution in [0, 0.1) is 0 Å². The van der Waals surface area contributed by atoms with E-state index in [0.29, 0.717) is 0 Å². The van der Waals surface area contributed by atoms with E-state index in [1.165, 1.54) is 88.4 Å². The van der Waals surface area contributed by atoms with Gasteiger partial charge in [0.05, 0.1) is 27.8 Å². The summed E-state index contributed by atoms with van der Waals surface area (Å²) in [5, 5.41) is 5.26. The van der Waals surface area contributed by atoms with Gasteiger partial charge in [-0.25, -0.2) is 0 Å². The first-order valence-electron chi connectivity index (χ1n) is 16.7. The van der Waals surface area contributed by atoms with Crippen molar-refractivity contribution in [3.05, 3.63) is 144 Å². The molecular weight excluding hydrogens is 556 g/mol. The van der Waals surface area contributed by atoms with Gasteiger partial charge in [-0.15, -0.1) is 0 Å². The van der Waals surface area contributed by atoms with Gasteiger partial charge in [-0.3, -0.25) is 0 Å². The molecule has 0 unspecified atom stereocenters. The first-order chi connectivity index (χ1) is 22.4. The molecule has 2 heteroatoms. The molecule has 1 aliphatic heterocycles. The fraction of sp³-hybridized carbons (Fsp3) is 0.182. The molecule has 6 aromatic carbocycles. The molecule has 0 saturated heterocycles. The normalized spacial score (nSPS) is 15.1. The highest BCUT2D eigenvalue weighted by Gasteiger charge is 2.41. The summed E-state index contributed by atoms with van der Waals surface area (Å²) in [6, 6.07) is 45.5. The third-order valence-corrected chi connectivity index (χ3v) is 10.9. The molecule has 0 atom stereocenters. The first-order valence-corrected chi connectivity index (χ1v) is 16.7. The molecule has 46 heavy (non-hydrogen) atoms. The molecule has 0 fully saturated rings. The minimum atomic E-state index is -0.141. The van der Waals surface area contributed by atoms with Crippen LogP contribution in [-0.2, 0) is 10.8 Å². The van der Waals surface area contributed by atoms with E-state index in [0.717, 1.165) is 0 Å². The number of hydrogen-bond acceptors (Lipinski definition) is 0. The molecule has 3 heterocycles. The fourth-order valence-electron chi connectivity index (χ4n) is 8.70. The summed E-state index contributed by atoms with van der Waals surface area (Å²) in [6.07, 6.45) is 0. The van der Waals surface area contributed by atoms with E-state index < -0.39 is 0 Å². The predicted molar refractivity (Wildman–Crippen MR) is 196 cm³/mol. The maximum atomic E-state index is 2.55. The highest BCUT2D eigenvalue weighted by Crippen LogP contribution is 2.55. The van der Waals surface area contributed by atoms with Crippen LogP contribution in [-0.4, -0.2) is 9.13 Å². The van der Waals surface area contributed by atoms with Crippen molar-refractivity contribution < 1.29 is 0 Å². The van der Waals surface area contributed by atoms with Gasteiger partial charge in [-0.1, -0.05) is 120 Å². The Morgan fingerprint density at radius 3 is 1.59 bits per heavy atom. The topological polar surface area (TPSA) is 9.86 Å². The average Bonchev–Trinajstić information content (AvgIpc) is 3.68. The van der Waals surface area contributed by atoms with Crippen molar-refractivity contribution in [2.24, 2.45) is 0 Å². The third kappa shape index (κ3) is 3.27. The maximum Gasteiger partial charge on any atom is 0.0582 e. The van der Waals surface area contributed by atoms with Crippen LogP contribution in [0.4, 0.5) is 0 Å². The molecule has 0 saturated carbocycles. The van der Waals surface area contributed by atoms with Crippen LogP contribution in [0.2, 0.25) is 0 Å². The second-order valence-electron chi connectivity index (χ2n) is 13.8. The number of para-hydroxylation sites is 4. The number of hydrogen-bond donors (Lipinski definition) is 0. The van der Waals surface area contributed by atoms with Crippen LogP contribution in [0.25, 0.3) is 66.1 Å². The minimum Gasteiger partial charge on any atom is -0.309 e. The van der Waals surface area contributed by atoms with E-state index in [1.54, 1.807) is 0 Å². The Balaban J connectivity index is 0.00000143. The number of benzene rings is 6. The Morgan fingerprint density at radius 1 is 0.413 bits per heavy atom. The summed E-state index contributed by atoms with van der Waals surface area (Å²) in [4.78, 5) is 0. The van der Waals surface area contributed by atoms with Crippen LogP contribution in [0.3, 0.4) is 0 Å². The lowest BCUT2D eigenvalue weighted by atomic mass is 9.73. The van der Waals surface area contributed by atoms with E-state index >= 15 is 0 Å². The standard InChI is InChI=1S/C42H32N2.C2H6/c1-41(2)32-16-11-15-30-29-14-7-10-19-38(29)44(40(30)32)39-24-34-31(23-35(39)41)26-21-20-25(22-33(26)42(34,3)4)43-36-17-8-5-12-27(36)28-13-6-9-18-37(28)43;1-2/h5-24H,1-4H3;1-2H3. The Kier molecular flexibility index (Phi) is 5.47. The molecule has 0 spiro atoms. The second kappa shape index (κ2) is 9.23. The molecule has 0 bridgehead atoms. The molecule has 2 nitrogen and oxygen atoms in total. The molecule has 0 amide bonds. The zero-order valence-electron chi connectivity index (χ0n) is 27.4. The van der Waals surface area contributed by atoms with Crippen LogP contribution in [0.5, 0.6) is 0 Å². The van der Waals surface area contributed by atoms with Crippen molar-refractivity contribution in [1.82, 2.24) is 9.13 Å². The van der Waals surface area contributed by atoms with E-state index in [9.17, 15) is 0 Å². The first kappa shape index (κ1) is 27.2. The molecule has 8 aromatic rings. The Morgan fingerprint density at radius 2 is 0.935 bits per heavy atom. The minimum absolute atomic E-state index is 0.121. The summed E-state index contributed by atoms with van der Waals surface area (Å²) in [5.41, 5.74) is 15.8. The zero-order chi connectivity index (χ0) is 31.5. The van der Waals surface area contributed by atoms with Crippen molar-refractivity contribution >= 4 is 43.6 Å². The van der Waals surface area contributed by atoms with Gasteiger partial charge in [-0.05, 0) is 75.8 Å². The van der Waals surface area contributed by atoms with Gasteiger partial charge in [0.25, 0.3) is 0 Å². The lowest BCUT2D eigenvalue weighted by molar-refractivity contribution is 0.625. The van der Waals surface area contributed by atoms with E-state index in [-0.39, 0.29) is 10.8 Å². The van der Waals surface area contributed by atoms with Crippen molar-refractivity contribution in [3.8, 4) is 22.5 Å². The largest absolute Gasteiger partial charge is 0.309 e. The quantitative estimate of drug-likeness (QED) is 0.179. The van der Waals surface area contributed by atoms with Gasteiger partial charge in [0, 0.05) is 38.1 Å². The van der Waals surface area contributed by atoms with E-state index in [1.807, 2.05) is 13.8 Å². The maximum absolute atomic E-state index is 2.55. The van der Waals surface area contributed by atoms with Crippen molar-refractivity contribution in [1.29, 1.82) is 0 Å². The number of rotatable bonds is 1. The number of aromatic nitrogens is 2. The van der Waals surface area contributed by atoms with E-state index in [4.69, 9.17) is 0 Å². The summed E-state index contributed by atoms with van der Waals surface area (Å²) in [7, 11) is 0. The molecule has 0 N–H and O–H groups in total. The number of fused-ring (bicyclic) bond motifs is 11. The smallest absolute Gasteiger partial charge is 0.0582 e. The summed E-state index contributed by atoms with van der Waals surface area (Å²) in [5.74, 6) is 0. The van der Waals surface area contributed by atoms with E-state index in [2.05, 4.69) is 158 Å². The Bertz CT molecular complexity index is 2500. The summed E-state index contributed by atoms with van der Waals surface area (Å²) < 4.78 is 4.99. The average molecular weight is 595 g/mol. The van der Waals surface area contributed by atoms with Gasteiger partial charge in [0.1, 0.15) is 0 Å². The van der Waals surface area contributed by atoms with Gasteiger partial charge >= 0.3 is 0 Å². The Labute approximate surface area is 270 Å². The molecule has 1 aliphatic carbocycles. The molecule has 2 aliphatic rings. The highest BCUT2D eigenvalue weighted by atomic mass is 15.0. The lowest BCUT2D eigenvalue weighted by Crippen LogP contribution is -2.27. The van der Waals surface area contributed by atoms with Gasteiger partial charge < -0.3 is 9.13 Å². The van der Waals surface area contributed by atoms with Crippen LogP contribution in [0.15, 0.2) is 121 Å². The van der Waals surface area contributed by atoms with Gasteiger partial charge in [0.15, 0.2) is 0 Å². The van der Waals surface area contributed by atoms with Gasteiger partial charge in [-0.2, -0.15) is 0 Å². The molecule has 0 radical (unpaired) electrons. The lowest BCUT2D eigenvalue weighted by Gasteiger charge is -2.36. The van der Waals surface area contributed by atoms with Crippen LogP contribution in [0.1, 0.15) is 63.8 Å². The van der Waals surface area contributed by atoms with Crippen LogP contribution >= 0.6 is 0 Å². The molecule has 10 rings (SSSR count). The number of nitrogens with zero attached hydrogens (tertiary/aromatic N) is 2. The molecule has 2 aromatic heterocycles. The van der Waals surface area contributed by atoms with Crippen molar-refractivity contribution in [2.45, 2.75) is 52.4 Å². The summed E-state index contributed by atoms with van der Waals surface area (Å²) >= 11 is 0. The van der Waals surface area contributed by atoms with Crippen molar-refractivity contribution in [2.75, 3.05) is 0 Å². The SMILES string of the molecule is CC.CC1(C)c2cc(-n3c4ccccc4c4ccccc43)ccc2-c2cc3c(cc21)-n1c2ccccc2c2cccc(c21)C3(C)C. The zero-order valence-corrected chi connectivity index (χ0v) is 27.4. The third-order valence-electron chi connectivity index (χ3n) is 10.9. The molecular formula is C44H38N2. The highest BCUT2D eigenvalue weighted by molar-refractivity contribution is 6.12. The molecule has 224 valence electrons. The second-order valence-corrected chi connectivity index (χ2v) is 13.8.